The first-order valence-electron chi connectivity index (χ1n) is 7.35. The van der Waals surface area contributed by atoms with E-state index < -0.39 is 0 Å². The molecule has 1 atom stereocenters. The summed E-state index contributed by atoms with van der Waals surface area (Å²) in [6.45, 7) is 9.44. The van der Waals surface area contributed by atoms with Crippen molar-refractivity contribution in [2.45, 2.75) is 19.9 Å². The number of anilines is 1. The van der Waals surface area contributed by atoms with Gasteiger partial charge in [0, 0.05) is 0 Å². The smallest absolute Gasteiger partial charge is 0.282 e. The van der Waals surface area contributed by atoms with Gasteiger partial charge < -0.3 is 15.1 Å². The van der Waals surface area contributed by atoms with E-state index in [9.17, 15) is 9.18 Å². The number of hydrogen-bond acceptors (Lipinski definition) is 1. The number of carbonyl (C=O) groups is 1. The summed E-state index contributed by atoms with van der Waals surface area (Å²) in [5.41, 5.74) is 0.265. The van der Waals surface area contributed by atoms with Gasteiger partial charge in [-0.05, 0) is 26.0 Å². The van der Waals surface area contributed by atoms with Crippen LogP contribution in [0, 0.1) is 5.82 Å². The summed E-state index contributed by atoms with van der Waals surface area (Å²) in [5.74, 6) is -0.492. The van der Waals surface area contributed by atoms with Crippen molar-refractivity contribution in [2.75, 3.05) is 38.0 Å². The Morgan fingerprint density at radius 2 is 1.95 bits per heavy atom. The Bertz CT molecular complexity index is 458. The van der Waals surface area contributed by atoms with Crippen molar-refractivity contribution in [3.05, 3.63) is 30.1 Å². The van der Waals surface area contributed by atoms with E-state index in [1.165, 1.54) is 11.0 Å². The zero-order valence-electron chi connectivity index (χ0n) is 12.2. The lowest BCUT2D eigenvalue weighted by Crippen LogP contribution is -3.29. The highest BCUT2D eigenvalue weighted by Gasteiger charge is 2.30. The van der Waals surface area contributed by atoms with Crippen LogP contribution >= 0.6 is 0 Å². The minimum absolute atomic E-state index is 0.106. The molecule has 0 unspecified atom stereocenters. The Balaban J connectivity index is 1.91. The zero-order chi connectivity index (χ0) is 14.5. The molecule has 2 rings (SSSR count). The zero-order valence-corrected chi connectivity index (χ0v) is 12.2. The van der Waals surface area contributed by atoms with Crippen LogP contribution in [0.5, 0.6) is 0 Å². The maximum atomic E-state index is 13.5. The monoisotopic (exact) mass is 281 g/mol. The highest BCUT2D eigenvalue weighted by molar-refractivity contribution is 5.93. The number of piperazine rings is 1. The van der Waals surface area contributed by atoms with Gasteiger partial charge in [-0.3, -0.25) is 4.79 Å². The fourth-order valence-corrected chi connectivity index (χ4v) is 2.70. The van der Waals surface area contributed by atoms with Crippen LogP contribution in [0.1, 0.15) is 13.8 Å². The van der Waals surface area contributed by atoms with Crippen LogP contribution in [0.4, 0.5) is 10.1 Å². The van der Waals surface area contributed by atoms with Gasteiger partial charge >= 0.3 is 0 Å². The quantitative estimate of drug-likeness (QED) is 0.648. The summed E-state index contributed by atoms with van der Waals surface area (Å²) in [4.78, 5) is 15.1. The molecule has 1 aliphatic heterocycles. The third-order valence-corrected chi connectivity index (χ3v) is 4.24. The maximum Gasteiger partial charge on any atom is 0.282 e. The van der Waals surface area contributed by atoms with E-state index in [1.807, 2.05) is 6.92 Å². The fraction of sp³-hybridized carbons (Fsp3) is 0.533. The van der Waals surface area contributed by atoms with Gasteiger partial charge in [0.1, 0.15) is 32.0 Å². The number of benzene rings is 1. The number of nitrogens with one attached hydrogen (secondary N) is 3. The van der Waals surface area contributed by atoms with Crippen molar-refractivity contribution >= 4 is 11.6 Å². The lowest BCUT2D eigenvalue weighted by molar-refractivity contribution is -1.02. The van der Waals surface area contributed by atoms with E-state index in [1.54, 1.807) is 23.1 Å². The summed E-state index contributed by atoms with van der Waals surface area (Å²) in [6.07, 6.45) is 0. The SMILES string of the molecule is CC[NH+]1CC[NH+]([C@@H](C)C(=O)Nc2ccccc2F)CC1. The number of rotatable bonds is 4. The summed E-state index contributed by atoms with van der Waals surface area (Å²) in [6, 6.07) is 6.14. The van der Waals surface area contributed by atoms with Gasteiger partial charge in [-0.15, -0.1) is 0 Å². The summed E-state index contributed by atoms with van der Waals surface area (Å²) in [5, 5.41) is 2.69. The van der Waals surface area contributed by atoms with Crippen LogP contribution in [-0.2, 0) is 4.79 Å². The first-order chi connectivity index (χ1) is 9.61. The Morgan fingerprint density at radius 3 is 2.55 bits per heavy atom. The number of carbonyl (C=O) groups excluding carboxylic acids is 1. The van der Waals surface area contributed by atoms with Gasteiger partial charge in [0.15, 0.2) is 6.04 Å². The minimum atomic E-state index is -0.386. The van der Waals surface area contributed by atoms with Gasteiger partial charge in [-0.1, -0.05) is 12.1 Å². The summed E-state index contributed by atoms with van der Waals surface area (Å²) in [7, 11) is 0. The largest absolute Gasteiger partial charge is 0.326 e. The molecule has 5 heteroatoms. The molecule has 0 bridgehead atoms. The number of likely N-dealkylation sites (N-methyl/N-ethyl adjacent to an activating group) is 1. The number of quaternary nitrogens is 2. The van der Waals surface area contributed by atoms with Crippen molar-refractivity contribution in [1.29, 1.82) is 0 Å². The molecular formula is C15H24FN3O+2. The van der Waals surface area contributed by atoms with E-state index in [4.69, 9.17) is 0 Å². The number of para-hydroxylation sites is 1. The lowest BCUT2D eigenvalue weighted by Gasteiger charge is -2.32. The van der Waals surface area contributed by atoms with Crippen LogP contribution in [0.2, 0.25) is 0 Å². The van der Waals surface area contributed by atoms with Crippen molar-refractivity contribution < 1.29 is 19.0 Å². The highest BCUT2D eigenvalue weighted by atomic mass is 19.1. The molecule has 0 aromatic heterocycles. The molecular weight excluding hydrogens is 257 g/mol. The maximum absolute atomic E-state index is 13.5. The summed E-state index contributed by atoms with van der Waals surface area (Å²) >= 11 is 0. The van der Waals surface area contributed by atoms with Crippen LogP contribution in [0.25, 0.3) is 0 Å². The molecule has 0 aliphatic carbocycles. The van der Waals surface area contributed by atoms with Gasteiger partial charge in [-0.2, -0.15) is 0 Å². The first kappa shape index (κ1) is 14.9. The lowest BCUT2D eigenvalue weighted by atomic mass is 10.2. The second-order valence-electron chi connectivity index (χ2n) is 5.45. The van der Waals surface area contributed by atoms with E-state index in [0.29, 0.717) is 0 Å². The van der Waals surface area contributed by atoms with E-state index in [2.05, 4.69) is 12.2 Å². The average molecular weight is 281 g/mol. The van der Waals surface area contributed by atoms with Crippen molar-refractivity contribution in [2.24, 2.45) is 0 Å². The second-order valence-corrected chi connectivity index (χ2v) is 5.45. The second kappa shape index (κ2) is 6.81. The molecule has 0 saturated carbocycles. The van der Waals surface area contributed by atoms with Crippen molar-refractivity contribution in [3.63, 3.8) is 0 Å². The molecule has 1 amide bonds. The predicted molar refractivity (Wildman–Crippen MR) is 76.4 cm³/mol. The standard InChI is InChI=1S/C15H22FN3O/c1-3-18-8-10-19(11-9-18)12(2)15(20)17-14-7-5-4-6-13(14)16/h4-7,12H,3,8-11H2,1-2H3,(H,17,20)/p+2/t12-/m0/s1. The van der Waals surface area contributed by atoms with E-state index in [0.717, 1.165) is 32.7 Å². The average Bonchev–Trinajstić information content (AvgIpc) is 2.49. The number of hydrogen-bond donors (Lipinski definition) is 3. The molecule has 0 spiro atoms. The van der Waals surface area contributed by atoms with Crippen LogP contribution < -0.4 is 15.1 Å². The molecule has 20 heavy (non-hydrogen) atoms. The normalized spacial score (nSPS) is 24.1. The van der Waals surface area contributed by atoms with Crippen LogP contribution in [0.15, 0.2) is 24.3 Å². The Morgan fingerprint density at radius 1 is 1.30 bits per heavy atom. The third kappa shape index (κ3) is 3.55. The molecule has 1 fully saturated rings. The third-order valence-electron chi connectivity index (χ3n) is 4.24. The van der Waals surface area contributed by atoms with E-state index >= 15 is 0 Å². The number of amides is 1. The van der Waals surface area contributed by atoms with Gasteiger partial charge in [-0.25, -0.2) is 4.39 Å². The molecule has 4 nitrogen and oxygen atoms in total. The molecule has 0 radical (unpaired) electrons. The topological polar surface area (TPSA) is 38.0 Å². The first-order valence-corrected chi connectivity index (χ1v) is 7.35. The van der Waals surface area contributed by atoms with Crippen LogP contribution in [-0.4, -0.2) is 44.7 Å². The Labute approximate surface area is 119 Å². The van der Waals surface area contributed by atoms with Gasteiger partial charge in [0.2, 0.25) is 0 Å². The molecule has 1 saturated heterocycles. The number of halogens is 1. The van der Waals surface area contributed by atoms with Gasteiger partial charge in [0.05, 0.1) is 12.2 Å². The van der Waals surface area contributed by atoms with Crippen molar-refractivity contribution in [3.8, 4) is 0 Å². The van der Waals surface area contributed by atoms with Crippen molar-refractivity contribution in [1.82, 2.24) is 0 Å². The molecule has 1 heterocycles. The Hall–Kier alpha value is -1.46. The molecule has 1 aliphatic rings. The molecule has 1 aromatic rings. The molecule has 3 N–H and O–H groups in total. The highest BCUT2D eigenvalue weighted by Crippen LogP contribution is 2.12. The minimum Gasteiger partial charge on any atom is -0.326 e. The molecule has 110 valence electrons. The predicted octanol–water partition coefficient (Wildman–Crippen LogP) is -1.04. The van der Waals surface area contributed by atoms with Crippen LogP contribution in [0.3, 0.4) is 0 Å². The van der Waals surface area contributed by atoms with Gasteiger partial charge in [0.25, 0.3) is 5.91 Å². The summed E-state index contributed by atoms with van der Waals surface area (Å²) < 4.78 is 13.5. The molecule has 1 aromatic carbocycles. The fourth-order valence-electron chi connectivity index (χ4n) is 2.70. The van der Waals surface area contributed by atoms with E-state index in [-0.39, 0.29) is 23.5 Å². The Kier molecular flexibility index (Phi) is 5.09.